The van der Waals surface area contributed by atoms with Gasteiger partial charge in [0.1, 0.15) is 0 Å². The van der Waals surface area contributed by atoms with Gasteiger partial charge < -0.3 is 21.1 Å². The van der Waals surface area contributed by atoms with E-state index in [2.05, 4.69) is 10.6 Å². The van der Waals surface area contributed by atoms with E-state index in [9.17, 15) is 31.1 Å². The Bertz CT molecular complexity index is 948. The molecule has 0 aromatic heterocycles. The van der Waals surface area contributed by atoms with Gasteiger partial charge in [-0.1, -0.05) is 30.3 Å². The maximum atomic E-state index is 13.2. The number of primary amides is 1. The van der Waals surface area contributed by atoms with E-state index in [0.29, 0.717) is 25.1 Å². The monoisotopic (exact) mass is 475 g/mol. The lowest BCUT2D eigenvalue weighted by Gasteiger charge is -2.32. The zero-order valence-electron chi connectivity index (χ0n) is 17.6. The summed E-state index contributed by atoms with van der Waals surface area (Å²) in [6, 6.07) is 9.40. The molecule has 1 aliphatic heterocycles. The molecule has 1 aliphatic rings. The molecule has 3 atom stereocenters. The molecule has 4 N–H and O–H groups in total. The lowest BCUT2D eigenvalue weighted by Crippen LogP contribution is -2.41. The minimum absolute atomic E-state index is 0.0628. The van der Waals surface area contributed by atoms with Crippen LogP contribution in [0, 0.1) is 0 Å². The number of urea groups is 1. The average Bonchev–Trinajstić information content (AvgIpc) is 3.14. The molecule has 0 saturated carbocycles. The van der Waals surface area contributed by atoms with E-state index in [1.165, 1.54) is 6.92 Å². The Kier molecular flexibility index (Phi) is 6.94. The van der Waals surface area contributed by atoms with Gasteiger partial charge >= 0.3 is 18.4 Å². The Morgan fingerprint density at radius 2 is 1.70 bits per heavy atom. The van der Waals surface area contributed by atoms with E-state index in [1.807, 2.05) is 12.1 Å². The number of halogens is 6. The predicted molar refractivity (Wildman–Crippen MR) is 108 cm³/mol. The summed E-state index contributed by atoms with van der Waals surface area (Å²) in [5.74, 6) is 0. The van der Waals surface area contributed by atoms with Crippen LogP contribution >= 0.6 is 0 Å². The number of hydrogen-bond acceptors (Lipinski definition) is 3. The van der Waals surface area contributed by atoms with Gasteiger partial charge in [-0.25, -0.2) is 4.79 Å². The quantitative estimate of drug-likeness (QED) is 0.529. The van der Waals surface area contributed by atoms with Crippen molar-refractivity contribution in [3.63, 3.8) is 0 Å². The smallest absolute Gasteiger partial charge is 0.372 e. The molecule has 3 unspecified atom stereocenters. The lowest BCUT2D eigenvalue weighted by atomic mass is 9.88. The second-order valence-electron chi connectivity index (χ2n) is 8.03. The number of nitrogens with two attached hydrogens (primary N) is 1. The molecule has 1 heterocycles. The van der Waals surface area contributed by atoms with Gasteiger partial charge in [0.2, 0.25) is 0 Å². The standard InChI is InChI=1S/C22H23F6N3O2/c1-13(14-7-16(21(23,24)25)9-17(8-14)22(26,27)28)33-12-20(15-5-3-2-4-6-15)10-18(11-30-20)31-19(29)32/h2-9,13,18,30H,10-12H2,1H3,(H3,29,31,32). The molecular weight excluding hydrogens is 452 g/mol. The van der Waals surface area contributed by atoms with E-state index < -0.39 is 41.2 Å². The summed E-state index contributed by atoms with van der Waals surface area (Å²) < 4.78 is 85.0. The highest BCUT2D eigenvalue weighted by atomic mass is 19.4. The minimum atomic E-state index is -4.94. The zero-order valence-corrected chi connectivity index (χ0v) is 17.6. The van der Waals surface area contributed by atoms with E-state index in [-0.39, 0.29) is 24.3 Å². The molecule has 180 valence electrons. The molecule has 11 heteroatoms. The molecule has 33 heavy (non-hydrogen) atoms. The third-order valence-electron chi connectivity index (χ3n) is 5.61. The highest BCUT2D eigenvalue weighted by Gasteiger charge is 2.42. The highest BCUT2D eigenvalue weighted by Crippen LogP contribution is 2.39. The van der Waals surface area contributed by atoms with E-state index in [1.54, 1.807) is 18.2 Å². The molecule has 0 spiro atoms. The zero-order chi connectivity index (χ0) is 24.4. The van der Waals surface area contributed by atoms with Crippen LogP contribution in [0.2, 0.25) is 0 Å². The maximum absolute atomic E-state index is 13.2. The van der Waals surface area contributed by atoms with Crippen molar-refractivity contribution in [2.24, 2.45) is 5.73 Å². The molecule has 3 rings (SSSR count). The molecule has 2 amide bonds. The third-order valence-corrected chi connectivity index (χ3v) is 5.61. The maximum Gasteiger partial charge on any atom is 0.416 e. The predicted octanol–water partition coefficient (Wildman–Crippen LogP) is 4.73. The number of benzene rings is 2. The Morgan fingerprint density at radius 1 is 1.12 bits per heavy atom. The molecular formula is C22H23F6N3O2. The largest absolute Gasteiger partial charge is 0.416 e. The van der Waals surface area contributed by atoms with Crippen molar-refractivity contribution in [1.29, 1.82) is 0 Å². The van der Waals surface area contributed by atoms with Gasteiger partial charge in [0, 0.05) is 12.6 Å². The van der Waals surface area contributed by atoms with Crippen LogP contribution in [0.15, 0.2) is 48.5 Å². The fourth-order valence-electron chi connectivity index (χ4n) is 3.93. The Balaban J connectivity index is 1.87. The molecule has 5 nitrogen and oxygen atoms in total. The van der Waals surface area contributed by atoms with Crippen molar-refractivity contribution in [3.8, 4) is 0 Å². The van der Waals surface area contributed by atoms with Gasteiger partial charge in [-0.15, -0.1) is 0 Å². The number of amides is 2. The van der Waals surface area contributed by atoms with Crippen molar-refractivity contribution in [2.45, 2.75) is 43.4 Å². The van der Waals surface area contributed by atoms with Gasteiger partial charge in [-0.05, 0) is 42.7 Å². The van der Waals surface area contributed by atoms with Gasteiger partial charge in [-0.2, -0.15) is 26.3 Å². The van der Waals surface area contributed by atoms with Crippen molar-refractivity contribution in [2.75, 3.05) is 13.2 Å². The number of carbonyl (C=O) groups is 1. The van der Waals surface area contributed by atoms with E-state index in [4.69, 9.17) is 10.5 Å². The van der Waals surface area contributed by atoms with Crippen LogP contribution in [0.25, 0.3) is 0 Å². The van der Waals surface area contributed by atoms with Crippen molar-refractivity contribution >= 4 is 6.03 Å². The van der Waals surface area contributed by atoms with Gasteiger partial charge in [-0.3, -0.25) is 0 Å². The fourth-order valence-corrected chi connectivity index (χ4v) is 3.93. The van der Waals surface area contributed by atoms with Crippen molar-refractivity contribution in [3.05, 3.63) is 70.8 Å². The first-order valence-electron chi connectivity index (χ1n) is 10.1. The summed E-state index contributed by atoms with van der Waals surface area (Å²) in [5, 5.41) is 5.87. The molecule has 0 aliphatic carbocycles. The van der Waals surface area contributed by atoms with E-state index in [0.717, 1.165) is 5.56 Å². The molecule has 0 radical (unpaired) electrons. The second-order valence-corrected chi connectivity index (χ2v) is 8.03. The minimum Gasteiger partial charge on any atom is -0.372 e. The second kappa shape index (κ2) is 9.22. The van der Waals surface area contributed by atoms with Crippen LogP contribution in [0.1, 0.15) is 41.7 Å². The number of ether oxygens (including phenoxy) is 1. The van der Waals surface area contributed by atoms with Crippen LogP contribution in [-0.2, 0) is 22.6 Å². The summed E-state index contributed by atoms with van der Waals surface area (Å²) in [6.45, 7) is 1.69. The summed E-state index contributed by atoms with van der Waals surface area (Å²) >= 11 is 0. The third kappa shape index (κ3) is 5.97. The highest BCUT2D eigenvalue weighted by molar-refractivity contribution is 5.72. The first kappa shape index (κ1) is 24.8. The molecule has 2 aromatic rings. The first-order valence-corrected chi connectivity index (χ1v) is 10.1. The summed E-state index contributed by atoms with van der Waals surface area (Å²) in [7, 11) is 0. The summed E-state index contributed by atoms with van der Waals surface area (Å²) in [6.07, 6.45) is -10.6. The first-order chi connectivity index (χ1) is 15.3. The van der Waals surface area contributed by atoms with Crippen LogP contribution in [0.5, 0.6) is 0 Å². The summed E-state index contributed by atoms with van der Waals surface area (Å²) in [5.41, 5.74) is 2.14. The number of hydrogen-bond donors (Lipinski definition) is 3. The number of carbonyl (C=O) groups excluding carboxylic acids is 1. The number of alkyl halides is 6. The molecule has 1 fully saturated rings. The van der Waals surface area contributed by atoms with Crippen LogP contribution < -0.4 is 16.4 Å². The Hall–Kier alpha value is -2.79. The fraction of sp³-hybridized carbons (Fsp3) is 0.409. The Labute approximate surface area is 186 Å². The molecule has 0 bridgehead atoms. The van der Waals surface area contributed by atoms with Crippen LogP contribution in [0.4, 0.5) is 31.1 Å². The SMILES string of the molecule is CC(OCC1(c2ccccc2)CC(NC(N)=O)CN1)c1cc(C(F)(F)F)cc(C(F)(F)F)c1. The normalized spacial score (nSPS) is 22.2. The number of nitrogens with one attached hydrogen (secondary N) is 2. The Morgan fingerprint density at radius 3 is 2.21 bits per heavy atom. The number of rotatable bonds is 6. The topological polar surface area (TPSA) is 76.4 Å². The van der Waals surface area contributed by atoms with Gasteiger partial charge in [0.05, 0.1) is 29.4 Å². The molecule has 2 aromatic carbocycles. The molecule has 1 saturated heterocycles. The van der Waals surface area contributed by atoms with Crippen molar-refractivity contribution in [1.82, 2.24) is 10.6 Å². The summed E-state index contributed by atoms with van der Waals surface area (Å²) in [4.78, 5) is 11.2. The van der Waals surface area contributed by atoms with Crippen LogP contribution in [0.3, 0.4) is 0 Å². The van der Waals surface area contributed by atoms with Gasteiger partial charge in [0.25, 0.3) is 0 Å². The van der Waals surface area contributed by atoms with Crippen molar-refractivity contribution < 1.29 is 35.9 Å². The van der Waals surface area contributed by atoms with Gasteiger partial charge in [0.15, 0.2) is 0 Å². The average molecular weight is 475 g/mol. The lowest BCUT2D eigenvalue weighted by molar-refractivity contribution is -0.143. The van der Waals surface area contributed by atoms with E-state index >= 15 is 0 Å². The van der Waals surface area contributed by atoms with Crippen LogP contribution in [-0.4, -0.2) is 25.2 Å².